The molecule has 7 heteroatoms. The predicted molar refractivity (Wildman–Crippen MR) is 160 cm³/mol. The van der Waals surface area contributed by atoms with Crippen molar-refractivity contribution >= 4 is 35.7 Å². The Morgan fingerprint density at radius 2 is 2.03 bits per heavy atom. The van der Waals surface area contributed by atoms with Crippen LogP contribution in [0.15, 0.2) is 48.7 Å². The minimum atomic E-state index is -0.267. The lowest BCUT2D eigenvalue weighted by Gasteiger charge is -2.50. The lowest BCUT2D eigenvalue weighted by atomic mass is 9.83. The van der Waals surface area contributed by atoms with Gasteiger partial charge in [-0.2, -0.15) is 0 Å². The molecule has 1 saturated heterocycles. The molecule has 2 aromatic carbocycles. The summed E-state index contributed by atoms with van der Waals surface area (Å²) in [5.74, 6) is 1.37. The predicted octanol–water partition coefficient (Wildman–Crippen LogP) is 6.08. The second kappa shape index (κ2) is 10.8. The van der Waals surface area contributed by atoms with Crippen LogP contribution < -0.4 is 26.0 Å². The van der Waals surface area contributed by atoms with Gasteiger partial charge in [-0.3, -0.25) is 4.72 Å². The highest BCUT2D eigenvalue weighted by Gasteiger charge is 2.41. The van der Waals surface area contributed by atoms with E-state index in [2.05, 4.69) is 96.3 Å². The van der Waals surface area contributed by atoms with Gasteiger partial charge in [0.25, 0.3) is 0 Å². The fraction of sp³-hybridized carbons (Fsp3) is 0.433. The van der Waals surface area contributed by atoms with Crippen LogP contribution in [0, 0.1) is 6.92 Å². The topological polar surface area (TPSA) is 78.2 Å². The molecule has 2 unspecified atom stereocenters. The summed E-state index contributed by atoms with van der Waals surface area (Å²) in [4.78, 5) is 7.36. The minimum absolute atomic E-state index is 0.267. The number of fused-ring (bicyclic) bond motifs is 4. The standard InChI is InChI=1S/C30H40N6S/c1-4-24(25-11-13-27(32-5-2)28(31)20(25)3)21-10-12-26-23(17-21)18-22-9-8-15-33-29(22)36-16-7-6-14-30(36,35-26)19-34-37/h8-13,15,17,24,32,34-35,37H,4-7,14,16,18-19,31H2,1-3H3. The summed E-state index contributed by atoms with van der Waals surface area (Å²) in [5, 5.41) is 7.36. The molecule has 0 radical (unpaired) electrons. The maximum Gasteiger partial charge on any atom is 0.133 e. The van der Waals surface area contributed by atoms with E-state index in [9.17, 15) is 0 Å². The molecule has 2 aliphatic rings. The molecule has 1 fully saturated rings. The molecule has 3 heterocycles. The molecule has 37 heavy (non-hydrogen) atoms. The van der Waals surface area contributed by atoms with Crippen molar-refractivity contribution in [2.45, 2.75) is 64.5 Å². The monoisotopic (exact) mass is 516 g/mol. The van der Waals surface area contributed by atoms with Crippen LogP contribution in [0.3, 0.4) is 0 Å². The largest absolute Gasteiger partial charge is 0.397 e. The number of hydrogen-bond donors (Lipinski definition) is 5. The van der Waals surface area contributed by atoms with Crippen molar-refractivity contribution in [1.82, 2.24) is 9.71 Å². The first-order valence-electron chi connectivity index (χ1n) is 13.6. The highest BCUT2D eigenvalue weighted by molar-refractivity contribution is 7.78. The Morgan fingerprint density at radius 1 is 1.16 bits per heavy atom. The molecule has 0 saturated carbocycles. The normalized spacial score (nSPS) is 19.5. The molecule has 3 aromatic rings. The summed E-state index contributed by atoms with van der Waals surface area (Å²) in [6.45, 7) is 9.08. The zero-order valence-electron chi connectivity index (χ0n) is 22.3. The molecular weight excluding hydrogens is 476 g/mol. The number of anilines is 4. The van der Waals surface area contributed by atoms with Gasteiger partial charge in [0.15, 0.2) is 0 Å². The van der Waals surface area contributed by atoms with Gasteiger partial charge >= 0.3 is 0 Å². The maximum atomic E-state index is 6.55. The molecule has 5 rings (SSSR count). The molecule has 6 nitrogen and oxygen atoms in total. The molecule has 1 aromatic heterocycles. The van der Waals surface area contributed by atoms with E-state index < -0.39 is 0 Å². The van der Waals surface area contributed by atoms with Crippen LogP contribution in [0.25, 0.3) is 0 Å². The molecule has 2 aliphatic heterocycles. The minimum Gasteiger partial charge on any atom is -0.397 e. The van der Waals surface area contributed by atoms with Gasteiger partial charge in [0, 0.05) is 43.9 Å². The quantitative estimate of drug-likeness (QED) is 0.193. The average molecular weight is 517 g/mol. The Kier molecular flexibility index (Phi) is 7.54. The highest BCUT2D eigenvalue weighted by atomic mass is 32.1. The fourth-order valence-corrected chi connectivity index (χ4v) is 6.56. The lowest BCUT2D eigenvalue weighted by molar-refractivity contribution is 0.342. The van der Waals surface area contributed by atoms with Gasteiger partial charge < -0.3 is 21.3 Å². The number of piperidine rings is 1. The zero-order chi connectivity index (χ0) is 26.0. The summed E-state index contributed by atoms with van der Waals surface area (Å²) in [7, 11) is 0. The first-order chi connectivity index (χ1) is 18.0. The number of nitrogen functional groups attached to an aromatic ring is 1. The van der Waals surface area contributed by atoms with Crippen molar-refractivity contribution in [1.29, 1.82) is 0 Å². The maximum absolute atomic E-state index is 6.55. The number of nitrogens with zero attached hydrogens (tertiary/aromatic N) is 2. The van der Waals surface area contributed by atoms with Crippen LogP contribution in [-0.2, 0) is 6.42 Å². The SMILES string of the molecule is CCNc1ccc(C(CC)c2ccc3c(c2)Cc2cccnc2N2CCCCC2(CNS)N3)c(C)c1N. The smallest absolute Gasteiger partial charge is 0.133 e. The van der Waals surface area contributed by atoms with Crippen LogP contribution >= 0.6 is 12.8 Å². The van der Waals surface area contributed by atoms with Crippen molar-refractivity contribution < 1.29 is 0 Å². The number of rotatable bonds is 7. The molecular formula is C30H40N6S. The Balaban J connectivity index is 1.59. The zero-order valence-corrected chi connectivity index (χ0v) is 23.2. The second-order valence-corrected chi connectivity index (χ2v) is 10.7. The van der Waals surface area contributed by atoms with Gasteiger partial charge in [-0.1, -0.05) is 44.0 Å². The van der Waals surface area contributed by atoms with Gasteiger partial charge in [0.2, 0.25) is 0 Å². The Morgan fingerprint density at radius 3 is 2.81 bits per heavy atom. The van der Waals surface area contributed by atoms with E-state index in [1.54, 1.807) is 0 Å². The van der Waals surface area contributed by atoms with E-state index in [-0.39, 0.29) is 11.6 Å². The van der Waals surface area contributed by atoms with Crippen molar-refractivity contribution in [3.05, 3.63) is 76.5 Å². The van der Waals surface area contributed by atoms with Gasteiger partial charge in [-0.05, 0) is 85.5 Å². The summed E-state index contributed by atoms with van der Waals surface area (Å²) < 4.78 is 3.17. The molecule has 0 aliphatic carbocycles. The lowest BCUT2D eigenvalue weighted by Crippen LogP contribution is -2.62. The molecule has 5 N–H and O–H groups in total. The molecule has 0 amide bonds. The number of benzene rings is 2. The molecule has 2 atom stereocenters. The number of nitrogens with one attached hydrogen (secondary N) is 3. The summed E-state index contributed by atoms with van der Waals surface area (Å²) in [6.07, 6.45) is 7.15. The summed E-state index contributed by atoms with van der Waals surface area (Å²) >= 11 is 4.43. The highest BCUT2D eigenvalue weighted by Crippen LogP contribution is 2.41. The number of aromatic nitrogens is 1. The van der Waals surface area contributed by atoms with E-state index in [1.807, 2.05) is 6.20 Å². The number of nitrogens with two attached hydrogens (primary N) is 1. The number of pyridine rings is 1. The van der Waals surface area contributed by atoms with Gasteiger partial charge in [-0.15, -0.1) is 0 Å². The van der Waals surface area contributed by atoms with Crippen molar-refractivity contribution in [2.75, 3.05) is 40.9 Å². The van der Waals surface area contributed by atoms with Gasteiger partial charge in [-0.25, -0.2) is 4.98 Å². The van der Waals surface area contributed by atoms with Crippen LogP contribution in [0.5, 0.6) is 0 Å². The van der Waals surface area contributed by atoms with E-state index in [0.717, 1.165) is 56.1 Å². The van der Waals surface area contributed by atoms with Crippen molar-refractivity contribution in [3.8, 4) is 0 Å². The first kappa shape index (κ1) is 25.7. The number of hydrogen-bond acceptors (Lipinski definition) is 7. The third kappa shape index (κ3) is 4.75. The van der Waals surface area contributed by atoms with E-state index in [0.29, 0.717) is 0 Å². The second-order valence-electron chi connectivity index (χ2n) is 10.4. The van der Waals surface area contributed by atoms with Crippen LogP contribution in [0.2, 0.25) is 0 Å². The Labute approximate surface area is 227 Å². The van der Waals surface area contributed by atoms with Crippen molar-refractivity contribution in [3.63, 3.8) is 0 Å². The van der Waals surface area contributed by atoms with E-state index in [4.69, 9.17) is 10.7 Å². The van der Waals surface area contributed by atoms with Crippen molar-refractivity contribution in [2.24, 2.45) is 0 Å². The van der Waals surface area contributed by atoms with E-state index in [1.165, 1.54) is 46.3 Å². The van der Waals surface area contributed by atoms with E-state index >= 15 is 0 Å². The molecule has 0 spiro atoms. The third-order valence-electron chi connectivity index (χ3n) is 8.22. The van der Waals surface area contributed by atoms with Crippen LogP contribution in [0.4, 0.5) is 22.9 Å². The number of thiol groups is 1. The van der Waals surface area contributed by atoms with Gasteiger partial charge in [0.1, 0.15) is 11.5 Å². The summed E-state index contributed by atoms with van der Waals surface area (Å²) in [6, 6.07) is 15.7. The van der Waals surface area contributed by atoms with Crippen LogP contribution in [0.1, 0.15) is 73.3 Å². The summed E-state index contributed by atoms with van der Waals surface area (Å²) in [5.41, 5.74) is 15.7. The third-order valence-corrected chi connectivity index (χ3v) is 8.38. The average Bonchev–Trinajstić information content (AvgIpc) is 2.90. The van der Waals surface area contributed by atoms with Gasteiger partial charge in [0.05, 0.1) is 11.4 Å². The fourth-order valence-electron chi connectivity index (χ4n) is 6.30. The molecule has 0 bridgehead atoms. The Hall–Kier alpha value is -2.90. The van der Waals surface area contributed by atoms with Crippen LogP contribution in [-0.4, -0.2) is 30.3 Å². The Bertz CT molecular complexity index is 1260. The first-order valence-corrected chi connectivity index (χ1v) is 14.1. The molecule has 196 valence electrons.